The van der Waals surface area contributed by atoms with Gasteiger partial charge in [0.25, 0.3) is 0 Å². The van der Waals surface area contributed by atoms with Crippen LogP contribution >= 0.6 is 0 Å². The molecule has 0 aliphatic carbocycles. The first kappa shape index (κ1) is 13.2. The fraction of sp³-hybridized carbons (Fsp3) is 0.455. The Morgan fingerprint density at radius 3 is 2.65 bits per heavy atom. The van der Waals surface area contributed by atoms with Gasteiger partial charge in [-0.25, -0.2) is 4.79 Å². The zero-order valence-electron chi connectivity index (χ0n) is 9.98. The summed E-state index contributed by atoms with van der Waals surface area (Å²) in [4.78, 5) is 22.2. The predicted octanol–water partition coefficient (Wildman–Crippen LogP) is 0.717. The molecule has 1 atom stereocenters. The summed E-state index contributed by atoms with van der Waals surface area (Å²) >= 11 is 0. The number of ether oxygens (including phenoxy) is 2. The number of hydrogen-bond donors (Lipinski definition) is 1. The van der Waals surface area contributed by atoms with Gasteiger partial charge in [0.15, 0.2) is 0 Å². The summed E-state index contributed by atoms with van der Waals surface area (Å²) in [5.74, 6) is -0.210. The lowest BCUT2D eigenvalue weighted by molar-refractivity contribution is -0.142. The van der Waals surface area contributed by atoms with Gasteiger partial charge in [0.05, 0.1) is 20.8 Å². The third-order valence-electron chi connectivity index (χ3n) is 2.19. The van der Waals surface area contributed by atoms with E-state index in [4.69, 9.17) is 4.42 Å². The highest BCUT2D eigenvalue weighted by Crippen LogP contribution is 2.09. The number of carbonyl (C=O) groups is 2. The maximum Gasteiger partial charge on any atom is 0.373 e. The minimum absolute atomic E-state index is 0.134. The molecule has 0 spiro atoms. The number of carbonyl (C=O) groups excluding carboxylic acids is 2. The minimum Gasteiger partial charge on any atom is -0.468 e. The van der Waals surface area contributed by atoms with E-state index in [1.54, 1.807) is 13.0 Å². The van der Waals surface area contributed by atoms with E-state index in [9.17, 15) is 9.59 Å². The molecule has 1 unspecified atom stereocenters. The Bertz CT molecular complexity index is 398. The number of furan rings is 1. The average Bonchev–Trinajstić information content (AvgIpc) is 2.82. The van der Waals surface area contributed by atoms with Gasteiger partial charge in [-0.1, -0.05) is 0 Å². The van der Waals surface area contributed by atoms with Crippen LogP contribution in [0, 0.1) is 0 Å². The van der Waals surface area contributed by atoms with Crippen molar-refractivity contribution < 1.29 is 23.5 Å². The van der Waals surface area contributed by atoms with Crippen molar-refractivity contribution in [2.75, 3.05) is 14.2 Å². The van der Waals surface area contributed by atoms with Crippen LogP contribution in [0.2, 0.25) is 0 Å². The second-order valence-electron chi connectivity index (χ2n) is 3.38. The molecular formula is C11H15NO5. The molecule has 17 heavy (non-hydrogen) atoms. The highest BCUT2D eigenvalue weighted by molar-refractivity contribution is 5.86. The summed E-state index contributed by atoms with van der Waals surface area (Å²) in [6.07, 6.45) is 0. The molecule has 1 heterocycles. The second-order valence-corrected chi connectivity index (χ2v) is 3.38. The fourth-order valence-corrected chi connectivity index (χ4v) is 1.20. The van der Waals surface area contributed by atoms with Crippen molar-refractivity contribution in [2.45, 2.75) is 19.5 Å². The first-order valence-electron chi connectivity index (χ1n) is 5.06. The Morgan fingerprint density at radius 2 is 2.06 bits per heavy atom. The molecule has 0 aliphatic heterocycles. The lowest BCUT2D eigenvalue weighted by Crippen LogP contribution is -2.34. The van der Waals surface area contributed by atoms with Crippen LogP contribution in [0.15, 0.2) is 16.5 Å². The van der Waals surface area contributed by atoms with Gasteiger partial charge < -0.3 is 13.9 Å². The Hall–Kier alpha value is -1.82. The van der Waals surface area contributed by atoms with Crippen LogP contribution in [0.25, 0.3) is 0 Å². The van der Waals surface area contributed by atoms with E-state index in [-0.39, 0.29) is 11.7 Å². The zero-order valence-corrected chi connectivity index (χ0v) is 9.98. The maximum atomic E-state index is 11.1. The normalized spacial score (nSPS) is 11.9. The van der Waals surface area contributed by atoms with Gasteiger partial charge in [0.2, 0.25) is 5.76 Å². The van der Waals surface area contributed by atoms with E-state index in [0.717, 1.165) is 0 Å². The molecule has 1 aromatic rings. The molecule has 1 aromatic heterocycles. The molecule has 0 radical (unpaired) electrons. The standard InChI is InChI=1S/C11H15NO5/c1-7(10(13)15-2)12-6-8-4-5-9(17-8)11(14)16-3/h4-5,7,12H,6H2,1-3H3. The van der Waals surface area contributed by atoms with E-state index in [2.05, 4.69) is 14.8 Å². The molecule has 0 amide bonds. The van der Waals surface area contributed by atoms with Crippen LogP contribution in [0.4, 0.5) is 0 Å². The van der Waals surface area contributed by atoms with E-state index >= 15 is 0 Å². The van der Waals surface area contributed by atoms with Crippen LogP contribution in [-0.4, -0.2) is 32.2 Å². The number of methoxy groups -OCH3 is 2. The smallest absolute Gasteiger partial charge is 0.373 e. The van der Waals surface area contributed by atoms with Gasteiger partial charge >= 0.3 is 11.9 Å². The Labute approximate surface area is 98.9 Å². The summed E-state index contributed by atoms with van der Waals surface area (Å²) in [5, 5.41) is 2.90. The molecular weight excluding hydrogens is 226 g/mol. The van der Waals surface area contributed by atoms with Gasteiger partial charge in [-0.05, 0) is 19.1 Å². The molecule has 1 rings (SSSR count). The molecule has 94 valence electrons. The largest absolute Gasteiger partial charge is 0.468 e. The van der Waals surface area contributed by atoms with Crippen LogP contribution in [-0.2, 0) is 20.8 Å². The highest BCUT2D eigenvalue weighted by Gasteiger charge is 2.14. The quantitative estimate of drug-likeness (QED) is 0.765. The van der Waals surface area contributed by atoms with E-state index < -0.39 is 12.0 Å². The molecule has 0 bridgehead atoms. The minimum atomic E-state index is -0.530. The van der Waals surface area contributed by atoms with Crippen LogP contribution < -0.4 is 5.32 Å². The van der Waals surface area contributed by atoms with Gasteiger partial charge in [-0.3, -0.25) is 10.1 Å². The van der Waals surface area contributed by atoms with E-state index in [1.165, 1.54) is 20.3 Å². The number of nitrogens with one attached hydrogen (secondary N) is 1. The van der Waals surface area contributed by atoms with Gasteiger partial charge in [0.1, 0.15) is 11.8 Å². The molecule has 0 aliphatic rings. The first-order valence-corrected chi connectivity index (χ1v) is 5.06. The molecule has 0 saturated heterocycles. The third kappa shape index (κ3) is 3.60. The molecule has 0 saturated carbocycles. The molecule has 0 fully saturated rings. The SMILES string of the molecule is COC(=O)c1ccc(CNC(C)C(=O)OC)o1. The molecule has 0 aromatic carbocycles. The average molecular weight is 241 g/mol. The summed E-state index contributed by atoms with van der Waals surface area (Å²) in [6.45, 7) is 2.00. The molecule has 1 N–H and O–H groups in total. The van der Waals surface area contributed by atoms with Crippen molar-refractivity contribution in [2.24, 2.45) is 0 Å². The molecule has 6 heteroatoms. The predicted molar refractivity (Wildman–Crippen MR) is 58.4 cm³/mol. The van der Waals surface area contributed by atoms with Gasteiger partial charge in [-0.2, -0.15) is 0 Å². The number of esters is 2. The van der Waals surface area contributed by atoms with Crippen molar-refractivity contribution in [1.29, 1.82) is 0 Å². The summed E-state index contributed by atoms with van der Waals surface area (Å²) in [5.41, 5.74) is 0. The number of hydrogen-bond acceptors (Lipinski definition) is 6. The van der Waals surface area contributed by atoms with E-state index in [1.807, 2.05) is 0 Å². The Kier molecular flexibility index (Phi) is 4.71. The molecule has 6 nitrogen and oxygen atoms in total. The van der Waals surface area contributed by atoms with Crippen molar-refractivity contribution in [1.82, 2.24) is 5.32 Å². The first-order chi connectivity index (χ1) is 8.08. The van der Waals surface area contributed by atoms with Crippen LogP contribution in [0.5, 0.6) is 0 Å². The van der Waals surface area contributed by atoms with Crippen molar-refractivity contribution >= 4 is 11.9 Å². The van der Waals surface area contributed by atoms with Crippen molar-refractivity contribution in [3.63, 3.8) is 0 Å². The topological polar surface area (TPSA) is 77.8 Å². The lowest BCUT2D eigenvalue weighted by Gasteiger charge is -2.09. The van der Waals surface area contributed by atoms with Gasteiger partial charge in [-0.15, -0.1) is 0 Å². The van der Waals surface area contributed by atoms with Crippen LogP contribution in [0.1, 0.15) is 23.2 Å². The fourth-order valence-electron chi connectivity index (χ4n) is 1.20. The van der Waals surface area contributed by atoms with Gasteiger partial charge in [0, 0.05) is 0 Å². The summed E-state index contributed by atoms with van der Waals surface area (Å²) < 4.78 is 14.3. The lowest BCUT2D eigenvalue weighted by atomic mass is 10.3. The monoisotopic (exact) mass is 241 g/mol. The highest BCUT2D eigenvalue weighted by atomic mass is 16.5. The van der Waals surface area contributed by atoms with Crippen molar-refractivity contribution in [3.8, 4) is 0 Å². The van der Waals surface area contributed by atoms with E-state index in [0.29, 0.717) is 12.3 Å². The van der Waals surface area contributed by atoms with Crippen LogP contribution in [0.3, 0.4) is 0 Å². The Morgan fingerprint density at radius 1 is 1.35 bits per heavy atom. The summed E-state index contributed by atoms with van der Waals surface area (Å²) in [6, 6.07) is 2.72. The third-order valence-corrected chi connectivity index (χ3v) is 2.19. The number of rotatable bonds is 5. The summed E-state index contributed by atoms with van der Waals surface area (Å²) in [7, 11) is 2.60. The van der Waals surface area contributed by atoms with Crippen molar-refractivity contribution in [3.05, 3.63) is 23.7 Å². The second kappa shape index (κ2) is 6.05. The zero-order chi connectivity index (χ0) is 12.8. The maximum absolute atomic E-state index is 11.1. The Balaban J connectivity index is 2.50.